The largest absolute Gasteiger partial charge is 0.379 e. The summed E-state index contributed by atoms with van der Waals surface area (Å²) in [5, 5.41) is 3.02. The second-order valence-electron chi connectivity index (χ2n) is 7.51. The highest BCUT2D eigenvalue weighted by Crippen LogP contribution is 2.24. The SMILES string of the molecule is CC(=O)N(CCOCCOCCC(=O)N[C@H]1CC[C@@H](C(C)=O)CC1)C(C)C. The van der Waals surface area contributed by atoms with Crippen molar-refractivity contribution in [1.29, 1.82) is 0 Å². The Morgan fingerprint density at radius 3 is 2.07 bits per heavy atom. The molecule has 0 aromatic carbocycles. The van der Waals surface area contributed by atoms with Crippen molar-refractivity contribution < 1.29 is 23.9 Å². The van der Waals surface area contributed by atoms with Crippen LogP contribution in [0, 0.1) is 5.92 Å². The summed E-state index contributed by atoms with van der Waals surface area (Å²) in [5.74, 6) is 0.472. The van der Waals surface area contributed by atoms with E-state index in [4.69, 9.17) is 9.47 Å². The van der Waals surface area contributed by atoms with E-state index >= 15 is 0 Å². The van der Waals surface area contributed by atoms with Gasteiger partial charge in [-0.3, -0.25) is 14.4 Å². The first-order chi connectivity index (χ1) is 12.8. The number of carbonyl (C=O) groups is 3. The van der Waals surface area contributed by atoms with Crippen LogP contribution in [-0.4, -0.2) is 67.6 Å². The Balaban J connectivity index is 2.00. The molecule has 27 heavy (non-hydrogen) atoms. The molecule has 0 bridgehead atoms. The van der Waals surface area contributed by atoms with E-state index in [1.165, 1.54) is 0 Å². The fraction of sp³-hybridized carbons (Fsp3) is 0.850. The van der Waals surface area contributed by atoms with Crippen molar-refractivity contribution in [2.45, 2.75) is 71.9 Å². The minimum absolute atomic E-state index is 0.00349. The van der Waals surface area contributed by atoms with Crippen LogP contribution < -0.4 is 5.32 Å². The van der Waals surface area contributed by atoms with Gasteiger partial charge in [0, 0.05) is 37.9 Å². The number of ether oxygens (including phenoxy) is 2. The lowest BCUT2D eigenvalue weighted by Crippen LogP contribution is -2.38. The summed E-state index contributed by atoms with van der Waals surface area (Å²) >= 11 is 0. The molecule has 1 saturated carbocycles. The van der Waals surface area contributed by atoms with Crippen molar-refractivity contribution in [2.24, 2.45) is 5.92 Å². The van der Waals surface area contributed by atoms with Gasteiger partial charge in [-0.1, -0.05) is 0 Å². The Morgan fingerprint density at radius 1 is 0.963 bits per heavy atom. The maximum atomic E-state index is 11.9. The first-order valence-corrected chi connectivity index (χ1v) is 10.0. The average Bonchev–Trinajstić information content (AvgIpc) is 2.60. The molecule has 1 fully saturated rings. The molecule has 0 saturated heterocycles. The van der Waals surface area contributed by atoms with E-state index in [0.29, 0.717) is 39.4 Å². The summed E-state index contributed by atoms with van der Waals surface area (Å²) in [4.78, 5) is 36.5. The zero-order valence-corrected chi connectivity index (χ0v) is 17.3. The summed E-state index contributed by atoms with van der Waals surface area (Å²) in [6.45, 7) is 9.45. The lowest BCUT2D eigenvalue weighted by molar-refractivity contribution is -0.131. The standard InChI is InChI=1S/C20H36N2O5/c1-15(2)22(17(4)24)10-12-27-14-13-26-11-9-20(25)21-19-7-5-18(6-8-19)16(3)23/h15,18-19H,5-14H2,1-4H3,(H,21,25)/t18-,19+. The van der Waals surface area contributed by atoms with E-state index in [1.807, 2.05) is 13.8 Å². The topological polar surface area (TPSA) is 84.9 Å². The monoisotopic (exact) mass is 384 g/mol. The van der Waals surface area contributed by atoms with Gasteiger partial charge in [-0.15, -0.1) is 0 Å². The molecule has 0 aromatic heterocycles. The smallest absolute Gasteiger partial charge is 0.222 e. The molecule has 2 amide bonds. The Hall–Kier alpha value is -1.47. The number of Topliss-reactive ketones (excluding diaryl/α,β-unsaturated/α-hetero) is 1. The first kappa shape index (κ1) is 23.6. The highest BCUT2D eigenvalue weighted by molar-refractivity contribution is 5.78. The van der Waals surface area contributed by atoms with Gasteiger partial charge in [0.15, 0.2) is 0 Å². The van der Waals surface area contributed by atoms with Crippen molar-refractivity contribution in [2.75, 3.05) is 33.0 Å². The Morgan fingerprint density at radius 2 is 1.56 bits per heavy atom. The van der Waals surface area contributed by atoms with Gasteiger partial charge in [-0.2, -0.15) is 0 Å². The molecule has 0 atom stereocenters. The lowest BCUT2D eigenvalue weighted by atomic mass is 9.84. The molecule has 0 unspecified atom stereocenters. The molecule has 1 aliphatic rings. The van der Waals surface area contributed by atoms with Gasteiger partial charge in [0.2, 0.25) is 11.8 Å². The number of carbonyl (C=O) groups excluding carboxylic acids is 3. The van der Waals surface area contributed by atoms with Gasteiger partial charge in [-0.05, 0) is 46.5 Å². The van der Waals surface area contributed by atoms with Gasteiger partial charge in [0.05, 0.1) is 26.4 Å². The van der Waals surface area contributed by atoms with E-state index in [0.717, 1.165) is 25.7 Å². The Kier molecular flexibility index (Phi) is 11.2. The lowest BCUT2D eigenvalue weighted by Gasteiger charge is -2.27. The Labute approximate surface area is 163 Å². The molecule has 0 aromatic rings. The predicted molar refractivity (Wildman–Crippen MR) is 103 cm³/mol. The predicted octanol–water partition coefficient (Wildman–Crippen LogP) is 1.93. The molecular weight excluding hydrogens is 348 g/mol. The maximum Gasteiger partial charge on any atom is 0.222 e. The normalized spacial score (nSPS) is 19.7. The van der Waals surface area contributed by atoms with E-state index in [9.17, 15) is 14.4 Å². The number of rotatable bonds is 12. The molecule has 7 nitrogen and oxygen atoms in total. The van der Waals surface area contributed by atoms with Crippen molar-refractivity contribution in [1.82, 2.24) is 10.2 Å². The van der Waals surface area contributed by atoms with E-state index in [2.05, 4.69) is 5.32 Å². The zero-order chi connectivity index (χ0) is 20.2. The van der Waals surface area contributed by atoms with Crippen LogP contribution in [0.1, 0.15) is 59.8 Å². The minimum atomic E-state index is -0.00349. The van der Waals surface area contributed by atoms with Crippen LogP contribution in [0.4, 0.5) is 0 Å². The second-order valence-corrected chi connectivity index (χ2v) is 7.51. The summed E-state index contributed by atoms with van der Waals surface area (Å²) < 4.78 is 10.9. The quantitative estimate of drug-likeness (QED) is 0.520. The molecule has 1 N–H and O–H groups in total. The van der Waals surface area contributed by atoms with Crippen LogP contribution in [0.25, 0.3) is 0 Å². The fourth-order valence-electron chi connectivity index (χ4n) is 3.37. The van der Waals surface area contributed by atoms with Crippen LogP contribution >= 0.6 is 0 Å². The van der Waals surface area contributed by atoms with Crippen molar-refractivity contribution in [3.05, 3.63) is 0 Å². The van der Waals surface area contributed by atoms with Crippen LogP contribution in [0.2, 0.25) is 0 Å². The molecule has 156 valence electrons. The zero-order valence-electron chi connectivity index (χ0n) is 17.3. The number of hydrogen-bond acceptors (Lipinski definition) is 5. The molecule has 0 aliphatic heterocycles. The summed E-state index contributed by atoms with van der Waals surface area (Å²) in [7, 11) is 0. The number of nitrogens with one attached hydrogen (secondary N) is 1. The third kappa shape index (κ3) is 9.86. The van der Waals surface area contributed by atoms with E-state index in [-0.39, 0.29) is 35.6 Å². The van der Waals surface area contributed by atoms with Crippen LogP contribution in [0.3, 0.4) is 0 Å². The number of ketones is 1. The second kappa shape index (κ2) is 12.8. The highest BCUT2D eigenvalue weighted by Gasteiger charge is 2.24. The van der Waals surface area contributed by atoms with Crippen LogP contribution in [0.15, 0.2) is 0 Å². The van der Waals surface area contributed by atoms with Gasteiger partial charge >= 0.3 is 0 Å². The van der Waals surface area contributed by atoms with Crippen molar-refractivity contribution in [3.63, 3.8) is 0 Å². The molecule has 1 aliphatic carbocycles. The van der Waals surface area contributed by atoms with Gasteiger partial charge in [0.25, 0.3) is 0 Å². The van der Waals surface area contributed by atoms with Gasteiger partial charge in [0.1, 0.15) is 5.78 Å². The van der Waals surface area contributed by atoms with E-state index < -0.39 is 0 Å². The Bertz CT molecular complexity index is 473. The molecule has 0 radical (unpaired) electrons. The van der Waals surface area contributed by atoms with Crippen molar-refractivity contribution in [3.8, 4) is 0 Å². The maximum absolute atomic E-state index is 11.9. The summed E-state index contributed by atoms with van der Waals surface area (Å²) in [5.41, 5.74) is 0. The molecular formula is C20H36N2O5. The number of hydrogen-bond donors (Lipinski definition) is 1. The molecule has 0 spiro atoms. The first-order valence-electron chi connectivity index (χ1n) is 10.0. The third-order valence-electron chi connectivity index (χ3n) is 5.02. The van der Waals surface area contributed by atoms with Crippen molar-refractivity contribution >= 4 is 17.6 Å². The molecule has 7 heteroatoms. The fourth-order valence-corrected chi connectivity index (χ4v) is 3.37. The molecule has 1 rings (SSSR count). The summed E-state index contributed by atoms with van der Waals surface area (Å²) in [6, 6.07) is 0.347. The number of nitrogens with zero attached hydrogens (tertiary/aromatic N) is 1. The average molecular weight is 385 g/mol. The van der Waals surface area contributed by atoms with Crippen LogP contribution in [0.5, 0.6) is 0 Å². The minimum Gasteiger partial charge on any atom is -0.379 e. The molecule has 0 heterocycles. The highest BCUT2D eigenvalue weighted by atomic mass is 16.5. The van der Waals surface area contributed by atoms with Gasteiger partial charge in [-0.25, -0.2) is 0 Å². The van der Waals surface area contributed by atoms with Crippen LogP contribution in [-0.2, 0) is 23.9 Å². The third-order valence-corrected chi connectivity index (χ3v) is 5.02. The summed E-state index contributed by atoms with van der Waals surface area (Å²) in [6.07, 6.45) is 3.81. The van der Waals surface area contributed by atoms with E-state index in [1.54, 1.807) is 18.7 Å². The van der Waals surface area contributed by atoms with Gasteiger partial charge < -0.3 is 19.7 Å². The number of amides is 2.